The van der Waals surface area contributed by atoms with E-state index in [4.69, 9.17) is 5.26 Å². The molecule has 1 atom stereocenters. The average molecular weight is 138 g/mol. The molecule has 1 unspecified atom stereocenters. The summed E-state index contributed by atoms with van der Waals surface area (Å²) in [5.74, 6) is 0. The Balaban J connectivity index is 3.55. The average Bonchev–Trinajstić information content (AvgIpc) is 1.67. The minimum absolute atomic E-state index is 0.448. The van der Waals surface area contributed by atoms with Crippen LogP contribution in [0.4, 0.5) is 0 Å². The van der Waals surface area contributed by atoms with Crippen molar-refractivity contribution >= 4 is 7.37 Å². The predicted octanol–water partition coefficient (Wildman–Crippen LogP) is 1.79. The molecule has 3 nitrogen and oxygen atoms in total. The lowest BCUT2D eigenvalue weighted by molar-refractivity contribution is -0.134. The molecule has 0 amide bonds. The molecule has 0 fully saturated rings. The predicted molar refractivity (Wildman–Crippen MR) is 32.4 cm³/mol. The molecule has 0 aliphatic rings. The molecule has 50 valence electrons. The lowest BCUT2D eigenvalue weighted by atomic mass is 10.6. The summed E-state index contributed by atoms with van der Waals surface area (Å²) in [6.07, 6.45) is 1.22. The van der Waals surface area contributed by atoms with E-state index in [1.165, 1.54) is 6.66 Å². The monoisotopic (exact) mass is 138 g/mol. The smallest absolute Gasteiger partial charge is 0.232 e. The first kappa shape index (κ1) is 8.15. The van der Waals surface area contributed by atoms with Gasteiger partial charge in [-0.2, -0.15) is 4.67 Å². The van der Waals surface area contributed by atoms with Gasteiger partial charge < -0.3 is 0 Å². The van der Waals surface area contributed by atoms with Gasteiger partial charge in [0.2, 0.25) is 7.37 Å². The van der Waals surface area contributed by atoms with Gasteiger partial charge in [0, 0.05) is 12.8 Å². The standard InChI is InChI=1S/C4H11O3P/c1-3-4-8(2,6)7-5/h5H,3-4H2,1-2H3. The molecule has 0 heterocycles. The first-order valence-corrected chi connectivity index (χ1v) is 4.78. The summed E-state index contributed by atoms with van der Waals surface area (Å²) in [5.41, 5.74) is 0. The van der Waals surface area contributed by atoms with Crippen molar-refractivity contribution in [1.82, 2.24) is 0 Å². The van der Waals surface area contributed by atoms with Crippen LogP contribution < -0.4 is 0 Å². The topological polar surface area (TPSA) is 46.5 Å². The maximum Gasteiger partial charge on any atom is 0.232 e. The van der Waals surface area contributed by atoms with E-state index >= 15 is 0 Å². The highest BCUT2D eigenvalue weighted by atomic mass is 31.2. The molecule has 0 aromatic carbocycles. The lowest BCUT2D eigenvalue weighted by Crippen LogP contribution is -1.87. The van der Waals surface area contributed by atoms with E-state index in [2.05, 4.69) is 4.67 Å². The van der Waals surface area contributed by atoms with Gasteiger partial charge in [-0.1, -0.05) is 6.92 Å². The molecule has 0 saturated heterocycles. The fourth-order valence-electron chi connectivity index (χ4n) is 0.447. The minimum Gasteiger partial charge on any atom is -0.290 e. The van der Waals surface area contributed by atoms with E-state index in [1.807, 2.05) is 6.92 Å². The summed E-state index contributed by atoms with van der Waals surface area (Å²) >= 11 is 0. The van der Waals surface area contributed by atoms with Gasteiger partial charge in [0.25, 0.3) is 0 Å². The largest absolute Gasteiger partial charge is 0.290 e. The van der Waals surface area contributed by atoms with Crippen LogP contribution in [0.15, 0.2) is 0 Å². The Labute approximate surface area is 49.0 Å². The van der Waals surface area contributed by atoms with Gasteiger partial charge in [0.1, 0.15) is 0 Å². The normalized spacial score (nSPS) is 17.9. The van der Waals surface area contributed by atoms with Gasteiger partial charge in [-0.3, -0.25) is 4.57 Å². The Morgan fingerprint density at radius 3 is 2.38 bits per heavy atom. The van der Waals surface area contributed by atoms with Crippen LogP contribution in [0.25, 0.3) is 0 Å². The molecule has 8 heavy (non-hydrogen) atoms. The van der Waals surface area contributed by atoms with E-state index < -0.39 is 7.37 Å². The third-order valence-corrected chi connectivity index (χ3v) is 2.41. The SMILES string of the molecule is CCCP(C)(=O)OO. The molecule has 0 radical (unpaired) electrons. The molecular formula is C4H11O3P. The molecule has 0 spiro atoms. The van der Waals surface area contributed by atoms with Crippen molar-refractivity contribution in [3.8, 4) is 0 Å². The van der Waals surface area contributed by atoms with E-state index in [9.17, 15) is 4.57 Å². The van der Waals surface area contributed by atoms with Crippen LogP contribution in [0.5, 0.6) is 0 Å². The second-order valence-electron chi connectivity index (χ2n) is 1.82. The Hall–Kier alpha value is 0.150. The number of hydrogen-bond donors (Lipinski definition) is 1. The zero-order valence-corrected chi connectivity index (χ0v) is 6.02. The van der Waals surface area contributed by atoms with Gasteiger partial charge in [0.15, 0.2) is 0 Å². The quantitative estimate of drug-likeness (QED) is 0.367. The maximum absolute atomic E-state index is 10.7. The highest BCUT2D eigenvalue weighted by molar-refractivity contribution is 7.57. The third kappa shape index (κ3) is 3.19. The van der Waals surface area contributed by atoms with Crippen LogP contribution >= 0.6 is 7.37 Å². The van der Waals surface area contributed by atoms with Crippen LogP contribution in [-0.2, 0) is 9.24 Å². The van der Waals surface area contributed by atoms with E-state index in [0.29, 0.717) is 6.16 Å². The number of hydrogen-bond acceptors (Lipinski definition) is 3. The van der Waals surface area contributed by atoms with Gasteiger partial charge in [-0.05, 0) is 6.42 Å². The Kier molecular flexibility index (Phi) is 3.29. The highest BCUT2D eigenvalue weighted by Gasteiger charge is 2.12. The van der Waals surface area contributed by atoms with E-state index in [1.54, 1.807) is 0 Å². The molecule has 0 aliphatic heterocycles. The second-order valence-corrected chi connectivity index (χ2v) is 4.46. The fourth-order valence-corrected chi connectivity index (χ4v) is 1.34. The molecule has 1 N–H and O–H groups in total. The molecular weight excluding hydrogens is 127 g/mol. The fraction of sp³-hybridized carbons (Fsp3) is 1.00. The number of rotatable bonds is 3. The summed E-state index contributed by atoms with van der Waals surface area (Å²) < 4.78 is 14.4. The molecule has 0 rings (SSSR count). The first-order chi connectivity index (χ1) is 3.62. The Morgan fingerprint density at radius 2 is 2.25 bits per heavy atom. The zero-order valence-electron chi connectivity index (χ0n) is 5.13. The molecule has 0 saturated carbocycles. The summed E-state index contributed by atoms with van der Waals surface area (Å²) in [7, 11) is -2.62. The molecule has 4 heteroatoms. The van der Waals surface area contributed by atoms with Crippen LogP contribution in [0.2, 0.25) is 0 Å². The Morgan fingerprint density at radius 1 is 1.75 bits per heavy atom. The van der Waals surface area contributed by atoms with Crippen LogP contribution in [0, 0.1) is 0 Å². The molecule has 0 aromatic rings. The van der Waals surface area contributed by atoms with Gasteiger partial charge >= 0.3 is 0 Å². The van der Waals surface area contributed by atoms with Crippen molar-refractivity contribution in [2.75, 3.05) is 12.8 Å². The minimum atomic E-state index is -2.62. The summed E-state index contributed by atoms with van der Waals surface area (Å²) in [6, 6.07) is 0. The van der Waals surface area contributed by atoms with Crippen molar-refractivity contribution < 1.29 is 14.5 Å². The van der Waals surface area contributed by atoms with Crippen molar-refractivity contribution in [2.24, 2.45) is 0 Å². The second kappa shape index (κ2) is 3.23. The lowest BCUT2D eigenvalue weighted by Gasteiger charge is -2.03. The van der Waals surface area contributed by atoms with Gasteiger partial charge in [-0.15, -0.1) is 0 Å². The molecule has 0 aliphatic carbocycles. The summed E-state index contributed by atoms with van der Waals surface area (Å²) in [6.45, 7) is 3.30. The van der Waals surface area contributed by atoms with E-state index in [0.717, 1.165) is 6.42 Å². The van der Waals surface area contributed by atoms with Crippen molar-refractivity contribution in [1.29, 1.82) is 0 Å². The molecule has 0 aromatic heterocycles. The zero-order chi connectivity index (χ0) is 6.62. The van der Waals surface area contributed by atoms with Crippen LogP contribution in [0.3, 0.4) is 0 Å². The van der Waals surface area contributed by atoms with Crippen LogP contribution in [-0.4, -0.2) is 18.1 Å². The van der Waals surface area contributed by atoms with Crippen molar-refractivity contribution in [3.05, 3.63) is 0 Å². The molecule has 0 bridgehead atoms. The van der Waals surface area contributed by atoms with Crippen molar-refractivity contribution in [2.45, 2.75) is 13.3 Å². The Bertz CT molecular complexity index is 101. The van der Waals surface area contributed by atoms with Gasteiger partial charge in [0.05, 0.1) is 0 Å². The highest BCUT2D eigenvalue weighted by Crippen LogP contribution is 2.41. The van der Waals surface area contributed by atoms with E-state index in [-0.39, 0.29) is 0 Å². The van der Waals surface area contributed by atoms with Crippen molar-refractivity contribution in [3.63, 3.8) is 0 Å². The van der Waals surface area contributed by atoms with Crippen LogP contribution in [0.1, 0.15) is 13.3 Å². The maximum atomic E-state index is 10.7. The third-order valence-electron chi connectivity index (χ3n) is 0.803. The summed E-state index contributed by atoms with van der Waals surface area (Å²) in [4.78, 5) is 0. The van der Waals surface area contributed by atoms with Gasteiger partial charge in [-0.25, -0.2) is 5.26 Å². The summed E-state index contributed by atoms with van der Waals surface area (Å²) in [5, 5.41) is 7.96. The first-order valence-electron chi connectivity index (χ1n) is 2.52.